The van der Waals surface area contributed by atoms with Crippen LogP contribution in [0.5, 0.6) is 5.75 Å². The van der Waals surface area contributed by atoms with Gasteiger partial charge in [-0.1, -0.05) is 45.2 Å². The molecule has 2 atom stereocenters. The summed E-state index contributed by atoms with van der Waals surface area (Å²) in [6.07, 6.45) is 0.812. The van der Waals surface area contributed by atoms with Crippen LogP contribution in [0.4, 0.5) is 0 Å². The smallest absolute Gasteiger partial charge is 0.127 e. The zero-order valence-corrected chi connectivity index (χ0v) is 14.5. The van der Waals surface area contributed by atoms with Crippen LogP contribution in [0.15, 0.2) is 40.9 Å². The third-order valence-electron chi connectivity index (χ3n) is 3.72. The van der Waals surface area contributed by atoms with Crippen molar-refractivity contribution in [1.29, 1.82) is 0 Å². The van der Waals surface area contributed by atoms with Crippen molar-refractivity contribution in [2.45, 2.75) is 18.6 Å². The van der Waals surface area contributed by atoms with E-state index < -0.39 is 0 Å². The van der Waals surface area contributed by atoms with Gasteiger partial charge in [0.15, 0.2) is 0 Å². The van der Waals surface area contributed by atoms with Gasteiger partial charge in [-0.3, -0.25) is 0 Å². The fourth-order valence-corrected chi connectivity index (χ4v) is 3.79. The Kier molecular flexibility index (Phi) is 4.46. The molecule has 3 rings (SSSR count). The molecule has 1 aliphatic heterocycles. The van der Waals surface area contributed by atoms with Crippen LogP contribution in [0.1, 0.15) is 29.7 Å². The molecule has 0 amide bonds. The van der Waals surface area contributed by atoms with E-state index in [2.05, 4.69) is 21.2 Å². The first-order chi connectivity index (χ1) is 10.1. The molecule has 1 N–H and O–H groups in total. The van der Waals surface area contributed by atoms with Gasteiger partial charge in [0.2, 0.25) is 0 Å². The van der Waals surface area contributed by atoms with E-state index in [1.807, 2.05) is 43.4 Å². The van der Waals surface area contributed by atoms with Crippen LogP contribution < -0.4 is 10.1 Å². The van der Waals surface area contributed by atoms with Gasteiger partial charge in [-0.15, -0.1) is 0 Å². The maximum atomic E-state index is 6.15. The van der Waals surface area contributed by atoms with E-state index in [0.717, 1.165) is 32.8 Å². The number of fused-ring (bicyclic) bond motifs is 1. The molecular formula is C16H14BrCl2NO. The maximum Gasteiger partial charge on any atom is 0.127 e. The molecule has 2 aromatic rings. The van der Waals surface area contributed by atoms with Crippen molar-refractivity contribution in [1.82, 2.24) is 5.32 Å². The number of nitrogens with one attached hydrogen (secondary N) is 1. The molecule has 0 fully saturated rings. The van der Waals surface area contributed by atoms with Crippen molar-refractivity contribution in [3.63, 3.8) is 0 Å². The normalized spacial score (nSPS) is 20.8. The highest BCUT2D eigenvalue weighted by molar-refractivity contribution is 9.10. The lowest BCUT2D eigenvalue weighted by Crippen LogP contribution is -2.26. The number of hydrogen-bond donors (Lipinski definition) is 1. The van der Waals surface area contributed by atoms with Crippen LogP contribution in [0.25, 0.3) is 0 Å². The topological polar surface area (TPSA) is 21.3 Å². The van der Waals surface area contributed by atoms with E-state index in [4.69, 9.17) is 27.9 Å². The zero-order chi connectivity index (χ0) is 15.0. The number of benzene rings is 2. The lowest BCUT2D eigenvalue weighted by atomic mass is 9.93. The SMILES string of the molecule is CNC1CC(c2ccc(Cl)cc2Br)Oc2ccc(Cl)cc21. The molecular weight excluding hydrogens is 373 g/mol. The van der Waals surface area contributed by atoms with Crippen molar-refractivity contribution >= 4 is 39.1 Å². The first-order valence-electron chi connectivity index (χ1n) is 6.67. The van der Waals surface area contributed by atoms with E-state index in [0.29, 0.717) is 5.02 Å². The number of rotatable bonds is 2. The Morgan fingerprint density at radius 2 is 1.81 bits per heavy atom. The lowest BCUT2D eigenvalue weighted by Gasteiger charge is -2.33. The molecule has 2 aromatic carbocycles. The Balaban J connectivity index is 1.98. The lowest BCUT2D eigenvalue weighted by molar-refractivity contribution is 0.153. The molecule has 5 heteroatoms. The molecule has 0 saturated heterocycles. The van der Waals surface area contributed by atoms with E-state index in [9.17, 15) is 0 Å². The van der Waals surface area contributed by atoms with Crippen molar-refractivity contribution in [3.8, 4) is 5.75 Å². The fourth-order valence-electron chi connectivity index (χ4n) is 2.67. The molecule has 0 bridgehead atoms. The van der Waals surface area contributed by atoms with Gasteiger partial charge in [-0.2, -0.15) is 0 Å². The summed E-state index contributed by atoms with van der Waals surface area (Å²) in [6, 6.07) is 11.7. The summed E-state index contributed by atoms with van der Waals surface area (Å²) < 4.78 is 7.12. The van der Waals surface area contributed by atoms with Crippen LogP contribution in [-0.4, -0.2) is 7.05 Å². The quantitative estimate of drug-likeness (QED) is 0.731. The van der Waals surface area contributed by atoms with E-state index in [1.54, 1.807) is 0 Å². The summed E-state index contributed by atoms with van der Waals surface area (Å²) in [6.45, 7) is 0. The Morgan fingerprint density at radius 1 is 1.10 bits per heavy atom. The third-order valence-corrected chi connectivity index (χ3v) is 4.88. The number of hydrogen-bond acceptors (Lipinski definition) is 2. The largest absolute Gasteiger partial charge is 0.485 e. The highest BCUT2D eigenvalue weighted by Crippen LogP contribution is 2.43. The van der Waals surface area contributed by atoms with Crippen molar-refractivity contribution in [2.75, 3.05) is 7.05 Å². The molecule has 0 aromatic heterocycles. The average Bonchev–Trinajstić information content (AvgIpc) is 2.46. The minimum Gasteiger partial charge on any atom is -0.485 e. The summed E-state index contributed by atoms with van der Waals surface area (Å²) in [7, 11) is 1.95. The molecule has 0 saturated carbocycles. The molecule has 1 heterocycles. The Bertz CT molecular complexity index is 677. The second-order valence-corrected chi connectivity index (χ2v) is 6.76. The van der Waals surface area contributed by atoms with Crippen LogP contribution >= 0.6 is 39.1 Å². The monoisotopic (exact) mass is 385 g/mol. The minimum absolute atomic E-state index is 0.0252. The summed E-state index contributed by atoms with van der Waals surface area (Å²) in [5.74, 6) is 0.872. The standard InChI is InChI=1S/C16H14BrCl2NO/c1-20-14-8-16(11-4-2-10(19)7-13(11)17)21-15-5-3-9(18)6-12(14)15/h2-7,14,16,20H,8H2,1H3. The van der Waals surface area contributed by atoms with Gasteiger partial charge in [0.1, 0.15) is 11.9 Å². The van der Waals surface area contributed by atoms with Gasteiger partial charge in [0.05, 0.1) is 0 Å². The van der Waals surface area contributed by atoms with Crippen LogP contribution in [-0.2, 0) is 0 Å². The first-order valence-corrected chi connectivity index (χ1v) is 8.21. The zero-order valence-electron chi connectivity index (χ0n) is 11.4. The van der Waals surface area contributed by atoms with Gasteiger partial charge < -0.3 is 10.1 Å². The van der Waals surface area contributed by atoms with Gasteiger partial charge in [0, 0.05) is 38.1 Å². The molecule has 2 unspecified atom stereocenters. The second kappa shape index (κ2) is 6.17. The molecule has 2 nitrogen and oxygen atoms in total. The van der Waals surface area contributed by atoms with Crippen LogP contribution in [0.2, 0.25) is 10.0 Å². The average molecular weight is 387 g/mol. The first kappa shape index (κ1) is 15.2. The Labute approximate surface area is 142 Å². The van der Waals surface area contributed by atoms with Crippen molar-refractivity contribution in [2.24, 2.45) is 0 Å². The number of ether oxygens (including phenoxy) is 1. The Morgan fingerprint density at radius 3 is 2.52 bits per heavy atom. The Hall–Kier alpha value is -0.740. The van der Waals surface area contributed by atoms with E-state index >= 15 is 0 Å². The summed E-state index contributed by atoms with van der Waals surface area (Å²) in [4.78, 5) is 0. The molecule has 1 aliphatic rings. The van der Waals surface area contributed by atoms with Gasteiger partial charge >= 0.3 is 0 Å². The summed E-state index contributed by atoms with van der Waals surface area (Å²) >= 11 is 15.7. The molecule has 0 aliphatic carbocycles. The van der Waals surface area contributed by atoms with Gasteiger partial charge in [-0.05, 0) is 37.4 Å². The van der Waals surface area contributed by atoms with E-state index in [-0.39, 0.29) is 12.1 Å². The summed E-state index contributed by atoms with van der Waals surface area (Å²) in [5, 5.41) is 4.77. The fraction of sp³-hybridized carbons (Fsp3) is 0.250. The van der Waals surface area contributed by atoms with Crippen molar-refractivity contribution < 1.29 is 4.74 Å². The molecule has 110 valence electrons. The number of halogens is 3. The third kappa shape index (κ3) is 3.07. The van der Waals surface area contributed by atoms with Gasteiger partial charge in [-0.25, -0.2) is 0 Å². The van der Waals surface area contributed by atoms with Gasteiger partial charge in [0.25, 0.3) is 0 Å². The molecule has 0 radical (unpaired) electrons. The van der Waals surface area contributed by atoms with E-state index in [1.165, 1.54) is 0 Å². The summed E-state index contributed by atoms with van der Waals surface area (Å²) in [5.41, 5.74) is 2.20. The predicted molar refractivity (Wildman–Crippen MR) is 90.4 cm³/mol. The predicted octanol–water partition coefficient (Wildman–Crippen LogP) is 5.54. The molecule has 21 heavy (non-hydrogen) atoms. The highest BCUT2D eigenvalue weighted by Gasteiger charge is 2.29. The highest BCUT2D eigenvalue weighted by atomic mass is 79.9. The van der Waals surface area contributed by atoms with Crippen LogP contribution in [0.3, 0.4) is 0 Å². The minimum atomic E-state index is -0.0252. The van der Waals surface area contributed by atoms with Crippen LogP contribution in [0, 0.1) is 0 Å². The van der Waals surface area contributed by atoms with Crippen molar-refractivity contribution in [3.05, 3.63) is 62.0 Å². The maximum absolute atomic E-state index is 6.15. The second-order valence-electron chi connectivity index (χ2n) is 5.03. The molecule has 0 spiro atoms.